The molecule has 1 aliphatic carbocycles. The highest BCUT2D eigenvalue weighted by Gasteiger charge is 2.38. The molecule has 1 aliphatic rings. The van der Waals surface area contributed by atoms with E-state index in [4.69, 9.17) is 5.11 Å². The van der Waals surface area contributed by atoms with Crippen LogP contribution < -0.4 is 0 Å². The van der Waals surface area contributed by atoms with E-state index >= 15 is 0 Å². The Labute approximate surface area is 94.7 Å². The van der Waals surface area contributed by atoms with E-state index in [9.17, 15) is 9.90 Å². The van der Waals surface area contributed by atoms with Crippen molar-refractivity contribution >= 4 is 5.97 Å². The van der Waals surface area contributed by atoms with Gasteiger partial charge in [-0.3, -0.25) is 4.79 Å². The second-order valence-corrected chi connectivity index (χ2v) is 4.58. The van der Waals surface area contributed by atoms with E-state index in [-0.39, 0.29) is 17.6 Å². The first-order chi connectivity index (χ1) is 7.59. The van der Waals surface area contributed by atoms with Gasteiger partial charge in [-0.15, -0.1) is 0 Å². The molecule has 2 atom stereocenters. The summed E-state index contributed by atoms with van der Waals surface area (Å²) in [6.45, 7) is 1.76. The third kappa shape index (κ3) is 2.18. The molecule has 0 spiro atoms. The zero-order valence-corrected chi connectivity index (χ0v) is 9.26. The molecule has 2 N–H and O–H groups in total. The smallest absolute Gasteiger partial charge is 0.306 e. The Kier molecular flexibility index (Phi) is 2.86. The lowest BCUT2D eigenvalue weighted by Gasteiger charge is -2.21. The number of phenols is 1. The van der Waals surface area contributed by atoms with Gasteiger partial charge in [0.05, 0.1) is 5.92 Å². The van der Waals surface area contributed by atoms with E-state index in [0.29, 0.717) is 5.92 Å². The SMILES string of the molecule is C[C@@H](C(=O)O)[C@@H](c1ccc(O)cc1)C1CC1. The summed E-state index contributed by atoms with van der Waals surface area (Å²) in [5.74, 6) is -0.308. The fraction of sp³-hybridized carbons (Fsp3) is 0.462. The first kappa shape index (κ1) is 11.0. The minimum Gasteiger partial charge on any atom is -0.508 e. The molecule has 2 rings (SSSR count). The molecular weight excluding hydrogens is 204 g/mol. The Balaban J connectivity index is 2.25. The van der Waals surface area contributed by atoms with Gasteiger partial charge in [0, 0.05) is 0 Å². The molecule has 1 fully saturated rings. The average molecular weight is 220 g/mol. The number of aliphatic carboxylic acids is 1. The first-order valence-corrected chi connectivity index (χ1v) is 5.61. The maximum absolute atomic E-state index is 11.1. The number of benzene rings is 1. The number of phenolic OH excluding ortho intramolecular Hbond substituents is 1. The van der Waals surface area contributed by atoms with Gasteiger partial charge >= 0.3 is 5.97 Å². The molecule has 0 radical (unpaired) electrons. The van der Waals surface area contributed by atoms with Crippen molar-refractivity contribution in [2.75, 3.05) is 0 Å². The lowest BCUT2D eigenvalue weighted by atomic mass is 9.83. The number of hydrogen-bond donors (Lipinski definition) is 2. The van der Waals surface area contributed by atoms with Gasteiger partial charge in [-0.25, -0.2) is 0 Å². The van der Waals surface area contributed by atoms with E-state index in [1.165, 1.54) is 0 Å². The van der Waals surface area contributed by atoms with Gasteiger partial charge in [-0.1, -0.05) is 19.1 Å². The van der Waals surface area contributed by atoms with Gasteiger partial charge in [0.25, 0.3) is 0 Å². The number of carbonyl (C=O) groups is 1. The summed E-state index contributed by atoms with van der Waals surface area (Å²) in [6.07, 6.45) is 2.23. The van der Waals surface area contributed by atoms with Crippen molar-refractivity contribution in [3.63, 3.8) is 0 Å². The molecule has 0 heterocycles. The topological polar surface area (TPSA) is 57.5 Å². The largest absolute Gasteiger partial charge is 0.508 e. The van der Waals surface area contributed by atoms with Crippen molar-refractivity contribution in [3.8, 4) is 5.75 Å². The van der Waals surface area contributed by atoms with Crippen molar-refractivity contribution in [2.45, 2.75) is 25.7 Å². The van der Waals surface area contributed by atoms with Crippen LogP contribution in [-0.2, 0) is 4.79 Å². The van der Waals surface area contributed by atoms with Gasteiger partial charge in [-0.05, 0) is 42.4 Å². The van der Waals surface area contributed by atoms with Crippen molar-refractivity contribution in [1.29, 1.82) is 0 Å². The summed E-state index contributed by atoms with van der Waals surface area (Å²) in [4.78, 5) is 11.1. The average Bonchev–Trinajstić information content (AvgIpc) is 3.05. The maximum atomic E-state index is 11.1. The highest BCUT2D eigenvalue weighted by molar-refractivity contribution is 5.71. The Bertz CT molecular complexity index is 379. The monoisotopic (exact) mass is 220 g/mol. The Hall–Kier alpha value is -1.51. The van der Waals surface area contributed by atoms with E-state index < -0.39 is 5.97 Å². The molecule has 0 saturated heterocycles. The van der Waals surface area contributed by atoms with Gasteiger partial charge in [0.1, 0.15) is 5.75 Å². The summed E-state index contributed by atoms with van der Waals surface area (Å²) in [7, 11) is 0. The molecule has 0 aromatic heterocycles. The molecule has 0 unspecified atom stereocenters. The fourth-order valence-corrected chi connectivity index (χ4v) is 2.27. The lowest BCUT2D eigenvalue weighted by Crippen LogP contribution is -2.20. The van der Waals surface area contributed by atoms with Gasteiger partial charge in [0.15, 0.2) is 0 Å². The van der Waals surface area contributed by atoms with Crippen LogP contribution in [0.15, 0.2) is 24.3 Å². The van der Waals surface area contributed by atoms with Crippen LogP contribution in [0, 0.1) is 11.8 Å². The quantitative estimate of drug-likeness (QED) is 0.820. The third-order valence-corrected chi connectivity index (χ3v) is 3.34. The maximum Gasteiger partial charge on any atom is 0.306 e. The van der Waals surface area contributed by atoms with Crippen LogP contribution in [0.25, 0.3) is 0 Å². The first-order valence-electron chi connectivity index (χ1n) is 5.61. The van der Waals surface area contributed by atoms with Crippen LogP contribution in [0.4, 0.5) is 0 Å². The molecule has 3 nitrogen and oxygen atoms in total. The fourth-order valence-electron chi connectivity index (χ4n) is 2.27. The van der Waals surface area contributed by atoms with Gasteiger partial charge in [0.2, 0.25) is 0 Å². The molecule has 1 aromatic carbocycles. The number of rotatable bonds is 4. The van der Waals surface area contributed by atoms with E-state index in [2.05, 4.69) is 0 Å². The van der Waals surface area contributed by atoms with Crippen LogP contribution in [0.5, 0.6) is 5.75 Å². The summed E-state index contributed by atoms with van der Waals surface area (Å²) < 4.78 is 0. The van der Waals surface area contributed by atoms with E-state index in [1.54, 1.807) is 19.1 Å². The minimum atomic E-state index is -0.745. The van der Waals surface area contributed by atoms with E-state index in [0.717, 1.165) is 18.4 Å². The number of hydrogen-bond acceptors (Lipinski definition) is 2. The van der Waals surface area contributed by atoms with Crippen LogP contribution in [0.1, 0.15) is 31.2 Å². The van der Waals surface area contributed by atoms with Crippen LogP contribution >= 0.6 is 0 Å². The standard InChI is InChI=1S/C13H16O3/c1-8(13(15)16)12(9-2-3-9)10-4-6-11(14)7-5-10/h4-9,12,14H,2-3H2,1H3,(H,15,16)/t8-,12-/m1/s1. The Morgan fingerprint density at radius 3 is 2.31 bits per heavy atom. The Morgan fingerprint density at radius 2 is 1.88 bits per heavy atom. The molecule has 3 heteroatoms. The van der Waals surface area contributed by atoms with Crippen molar-refractivity contribution < 1.29 is 15.0 Å². The van der Waals surface area contributed by atoms with Crippen LogP contribution in [0.2, 0.25) is 0 Å². The molecule has 0 aliphatic heterocycles. The second-order valence-electron chi connectivity index (χ2n) is 4.58. The number of carboxylic acids is 1. The summed E-state index contributed by atoms with van der Waals surface area (Å²) in [5, 5.41) is 18.3. The van der Waals surface area contributed by atoms with Crippen LogP contribution in [-0.4, -0.2) is 16.2 Å². The Morgan fingerprint density at radius 1 is 1.31 bits per heavy atom. The molecular formula is C13H16O3. The summed E-state index contributed by atoms with van der Waals surface area (Å²) in [5.41, 5.74) is 1.02. The normalized spacial score (nSPS) is 19.1. The number of carboxylic acid groups (broad SMARTS) is 1. The van der Waals surface area contributed by atoms with Crippen molar-refractivity contribution in [1.82, 2.24) is 0 Å². The predicted molar refractivity (Wildman–Crippen MR) is 60.4 cm³/mol. The lowest BCUT2D eigenvalue weighted by molar-refractivity contribution is -0.142. The minimum absolute atomic E-state index is 0.0816. The van der Waals surface area contributed by atoms with Crippen molar-refractivity contribution in [3.05, 3.63) is 29.8 Å². The molecule has 0 amide bonds. The second kappa shape index (κ2) is 4.16. The predicted octanol–water partition coefficient (Wildman–Crippen LogP) is 2.61. The summed E-state index contributed by atoms with van der Waals surface area (Å²) in [6, 6.07) is 6.91. The zero-order valence-electron chi connectivity index (χ0n) is 9.26. The van der Waals surface area contributed by atoms with Crippen molar-refractivity contribution in [2.24, 2.45) is 11.8 Å². The van der Waals surface area contributed by atoms with E-state index in [1.807, 2.05) is 12.1 Å². The molecule has 1 saturated carbocycles. The van der Waals surface area contributed by atoms with Gasteiger partial charge in [-0.2, -0.15) is 0 Å². The molecule has 16 heavy (non-hydrogen) atoms. The molecule has 0 bridgehead atoms. The van der Waals surface area contributed by atoms with Crippen LogP contribution in [0.3, 0.4) is 0 Å². The molecule has 1 aromatic rings. The highest BCUT2D eigenvalue weighted by atomic mass is 16.4. The highest BCUT2D eigenvalue weighted by Crippen LogP contribution is 2.46. The zero-order chi connectivity index (χ0) is 11.7. The number of aromatic hydroxyl groups is 1. The molecule has 86 valence electrons. The summed E-state index contributed by atoms with van der Waals surface area (Å²) >= 11 is 0. The third-order valence-electron chi connectivity index (χ3n) is 3.34. The van der Waals surface area contributed by atoms with Gasteiger partial charge < -0.3 is 10.2 Å².